The van der Waals surface area contributed by atoms with Crippen molar-refractivity contribution in [3.63, 3.8) is 0 Å². The first-order chi connectivity index (χ1) is 10.4. The Morgan fingerprint density at radius 2 is 2.41 bits per heavy atom. The zero-order valence-corrected chi connectivity index (χ0v) is 13.4. The maximum absolute atomic E-state index is 11.6. The number of β-amino-alcohol motifs (C(OH)–C–C–N with tert-alkyl or cyclic N) is 1. The number of piperidine rings is 1. The molecule has 1 aromatic heterocycles. The molecule has 6 nitrogen and oxygen atoms in total. The lowest BCUT2D eigenvalue weighted by atomic mass is 9.89. The molecule has 2 rings (SSSR count). The number of hydrogen-bond donors (Lipinski definition) is 2. The van der Waals surface area contributed by atoms with E-state index in [1.807, 2.05) is 4.90 Å². The summed E-state index contributed by atoms with van der Waals surface area (Å²) in [6, 6.07) is 2.13. The van der Waals surface area contributed by atoms with Crippen LogP contribution in [0.4, 0.5) is 5.82 Å². The van der Waals surface area contributed by atoms with Crippen LogP contribution in [-0.2, 0) is 4.79 Å². The van der Waals surface area contributed by atoms with Gasteiger partial charge in [-0.3, -0.25) is 4.79 Å². The normalized spacial score (nSPS) is 21.3. The van der Waals surface area contributed by atoms with Crippen LogP contribution < -0.4 is 10.2 Å². The molecule has 118 valence electrons. The Morgan fingerprint density at radius 3 is 3.05 bits per heavy atom. The van der Waals surface area contributed by atoms with E-state index >= 15 is 0 Å². The van der Waals surface area contributed by atoms with Crippen molar-refractivity contribution < 1.29 is 9.90 Å². The molecule has 0 aliphatic carbocycles. The molecule has 22 heavy (non-hydrogen) atoms. The number of hydrogen-bond acceptors (Lipinski definition) is 5. The zero-order chi connectivity index (χ0) is 16.3. The Balaban J connectivity index is 2.29. The number of rotatable bonds is 3. The van der Waals surface area contributed by atoms with Gasteiger partial charge in [0, 0.05) is 26.3 Å². The van der Waals surface area contributed by atoms with E-state index in [0.29, 0.717) is 34.9 Å². The molecule has 1 fully saturated rings. The minimum absolute atomic E-state index is 0.0362. The van der Waals surface area contributed by atoms with Gasteiger partial charge in [0.15, 0.2) is 0 Å². The van der Waals surface area contributed by atoms with Crippen molar-refractivity contribution in [1.82, 2.24) is 10.3 Å². The molecule has 2 N–H and O–H groups in total. The van der Waals surface area contributed by atoms with Crippen LogP contribution in [0.15, 0.2) is 6.20 Å². The number of nitrogens with zero attached hydrogens (tertiary/aromatic N) is 3. The fraction of sp³-hybridized carbons (Fsp3) is 0.533. The summed E-state index contributed by atoms with van der Waals surface area (Å²) in [6.07, 6.45) is 2.82. The first-order valence-corrected chi connectivity index (χ1v) is 7.51. The first kappa shape index (κ1) is 16.5. The summed E-state index contributed by atoms with van der Waals surface area (Å²) >= 11 is 6.01. The largest absolute Gasteiger partial charge is 0.388 e. The second kappa shape index (κ2) is 6.51. The number of nitriles is 1. The third kappa shape index (κ3) is 3.32. The van der Waals surface area contributed by atoms with E-state index in [1.54, 1.807) is 14.0 Å². The predicted octanol–water partition coefficient (Wildman–Crippen LogP) is 1.38. The van der Waals surface area contributed by atoms with Crippen LogP contribution >= 0.6 is 11.6 Å². The highest BCUT2D eigenvalue weighted by molar-refractivity contribution is 6.31. The molecule has 0 spiro atoms. The van der Waals surface area contributed by atoms with Crippen molar-refractivity contribution in [2.24, 2.45) is 0 Å². The summed E-state index contributed by atoms with van der Waals surface area (Å²) in [6.45, 7) is 2.72. The summed E-state index contributed by atoms with van der Waals surface area (Å²) < 4.78 is 0. The van der Waals surface area contributed by atoms with Crippen LogP contribution in [0.5, 0.6) is 0 Å². The summed E-state index contributed by atoms with van der Waals surface area (Å²) in [5, 5.41) is 23.0. The molecule has 1 unspecified atom stereocenters. The van der Waals surface area contributed by atoms with Crippen molar-refractivity contribution in [3.8, 4) is 6.07 Å². The molecule has 1 saturated heterocycles. The Kier molecular flexibility index (Phi) is 4.89. The van der Waals surface area contributed by atoms with Crippen molar-refractivity contribution in [2.75, 3.05) is 25.0 Å². The molecular weight excluding hydrogens is 304 g/mol. The number of nitrogens with one attached hydrogen (secondary N) is 1. The van der Waals surface area contributed by atoms with Gasteiger partial charge in [0.1, 0.15) is 11.9 Å². The summed E-state index contributed by atoms with van der Waals surface area (Å²) in [5.41, 5.74) is -0.0217. The van der Waals surface area contributed by atoms with E-state index in [1.165, 1.54) is 6.20 Å². The molecule has 0 saturated carbocycles. The molecule has 1 aliphatic heterocycles. The number of carbonyl (C=O) groups excluding carboxylic acids is 1. The third-order valence-electron chi connectivity index (χ3n) is 3.99. The van der Waals surface area contributed by atoms with Gasteiger partial charge in [-0.1, -0.05) is 11.6 Å². The highest BCUT2D eigenvalue weighted by Gasteiger charge is 2.36. The lowest BCUT2D eigenvalue weighted by Crippen LogP contribution is -2.50. The van der Waals surface area contributed by atoms with Crippen LogP contribution in [0, 0.1) is 18.3 Å². The maximum Gasteiger partial charge on any atom is 0.222 e. The highest BCUT2D eigenvalue weighted by Crippen LogP contribution is 2.31. The van der Waals surface area contributed by atoms with E-state index in [4.69, 9.17) is 11.6 Å². The number of aliphatic hydroxyl groups is 1. The maximum atomic E-state index is 11.6. The van der Waals surface area contributed by atoms with Crippen LogP contribution in [-0.4, -0.2) is 41.7 Å². The van der Waals surface area contributed by atoms with Crippen LogP contribution in [0.2, 0.25) is 5.02 Å². The second-order valence-corrected chi connectivity index (χ2v) is 6.05. The topological polar surface area (TPSA) is 89.2 Å². The molecule has 1 aromatic rings. The molecule has 0 bridgehead atoms. The fourth-order valence-electron chi connectivity index (χ4n) is 2.76. The van der Waals surface area contributed by atoms with Gasteiger partial charge in [-0.25, -0.2) is 4.98 Å². The van der Waals surface area contributed by atoms with Crippen LogP contribution in [0.25, 0.3) is 0 Å². The Morgan fingerprint density at radius 1 is 1.68 bits per heavy atom. The van der Waals surface area contributed by atoms with Crippen molar-refractivity contribution in [2.45, 2.75) is 31.8 Å². The molecule has 1 aliphatic rings. The summed E-state index contributed by atoms with van der Waals surface area (Å²) in [4.78, 5) is 17.7. The SMILES string of the molecule is CNC(=O)CC1(O)CCCN(c2ncc(Cl)c(C)c2C#N)C1. The number of aromatic nitrogens is 1. The van der Waals surface area contributed by atoms with Gasteiger partial charge in [-0.15, -0.1) is 0 Å². The average molecular weight is 323 g/mol. The van der Waals surface area contributed by atoms with Crippen molar-refractivity contribution in [3.05, 3.63) is 22.3 Å². The van der Waals surface area contributed by atoms with Crippen LogP contribution in [0.3, 0.4) is 0 Å². The number of pyridine rings is 1. The van der Waals surface area contributed by atoms with Gasteiger partial charge in [0.05, 0.1) is 22.6 Å². The molecule has 7 heteroatoms. The van der Waals surface area contributed by atoms with Crippen LogP contribution in [0.1, 0.15) is 30.4 Å². The minimum Gasteiger partial charge on any atom is -0.388 e. The molecular formula is C15H19ClN4O2. The van der Waals surface area contributed by atoms with E-state index in [0.717, 1.165) is 6.42 Å². The lowest BCUT2D eigenvalue weighted by molar-refractivity contribution is -0.125. The van der Waals surface area contributed by atoms with Gasteiger partial charge in [-0.2, -0.15) is 5.26 Å². The standard InChI is InChI=1S/C15H19ClN4O2/c1-10-11(7-17)14(19-8-12(10)16)20-5-3-4-15(22,9-20)6-13(21)18-2/h8,22H,3-6,9H2,1-2H3,(H,18,21). The average Bonchev–Trinajstić information content (AvgIpc) is 2.49. The van der Waals surface area contributed by atoms with Crippen molar-refractivity contribution >= 4 is 23.3 Å². The third-order valence-corrected chi connectivity index (χ3v) is 4.37. The van der Waals surface area contributed by atoms with E-state index < -0.39 is 5.60 Å². The monoisotopic (exact) mass is 322 g/mol. The highest BCUT2D eigenvalue weighted by atomic mass is 35.5. The van der Waals surface area contributed by atoms with E-state index in [2.05, 4.69) is 16.4 Å². The van der Waals surface area contributed by atoms with Gasteiger partial charge in [0.25, 0.3) is 0 Å². The van der Waals surface area contributed by atoms with Gasteiger partial charge in [0.2, 0.25) is 5.91 Å². The number of halogens is 1. The van der Waals surface area contributed by atoms with Gasteiger partial charge < -0.3 is 15.3 Å². The van der Waals surface area contributed by atoms with Gasteiger partial charge >= 0.3 is 0 Å². The Hall–Kier alpha value is -1.84. The van der Waals surface area contributed by atoms with Crippen molar-refractivity contribution in [1.29, 1.82) is 5.26 Å². The molecule has 0 radical (unpaired) electrons. The Bertz CT molecular complexity index is 629. The van der Waals surface area contributed by atoms with E-state index in [-0.39, 0.29) is 18.9 Å². The number of anilines is 1. The first-order valence-electron chi connectivity index (χ1n) is 7.13. The zero-order valence-electron chi connectivity index (χ0n) is 12.7. The summed E-state index contributed by atoms with van der Waals surface area (Å²) in [7, 11) is 1.55. The number of amides is 1. The lowest BCUT2D eigenvalue weighted by Gasteiger charge is -2.39. The molecule has 1 amide bonds. The quantitative estimate of drug-likeness (QED) is 0.877. The molecule has 1 atom stereocenters. The predicted molar refractivity (Wildman–Crippen MR) is 83.8 cm³/mol. The Labute approximate surface area is 134 Å². The van der Waals surface area contributed by atoms with Gasteiger partial charge in [-0.05, 0) is 25.3 Å². The summed E-state index contributed by atoms with van der Waals surface area (Å²) in [5.74, 6) is 0.310. The molecule has 2 heterocycles. The smallest absolute Gasteiger partial charge is 0.222 e. The van der Waals surface area contributed by atoms with E-state index in [9.17, 15) is 15.2 Å². The molecule has 0 aromatic carbocycles. The minimum atomic E-state index is -1.11. The number of carbonyl (C=O) groups is 1. The fourth-order valence-corrected chi connectivity index (χ4v) is 2.91. The second-order valence-electron chi connectivity index (χ2n) is 5.64.